The van der Waals surface area contributed by atoms with Crippen LogP contribution in [-0.2, 0) is 20.9 Å². The summed E-state index contributed by atoms with van der Waals surface area (Å²) in [5, 5.41) is 5.53. The number of fused-ring (bicyclic) bond motifs is 2. The van der Waals surface area contributed by atoms with Crippen LogP contribution in [-0.4, -0.2) is 24.1 Å². The summed E-state index contributed by atoms with van der Waals surface area (Å²) in [6.45, 7) is 0.447. The molecule has 0 aromatic heterocycles. The van der Waals surface area contributed by atoms with Crippen LogP contribution < -0.4 is 10.6 Å². The van der Waals surface area contributed by atoms with Gasteiger partial charge in [-0.05, 0) is 31.2 Å². The third-order valence-corrected chi connectivity index (χ3v) is 5.17. The first kappa shape index (κ1) is 16.7. The predicted octanol–water partition coefficient (Wildman–Crippen LogP) is 1.81. The monoisotopic (exact) mass is 328 g/mol. The number of ketones is 1. The summed E-state index contributed by atoms with van der Waals surface area (Å²) >= 11 is 0. The SMILES string of the molecule is O=C(CNC(=O)C1CC2CCCC(C1)C2=O)NCc1ccccc1. The summed E-state index contributed by atoms with van der Waals surface area (Å²) < 4.78 is 0. The molecule has 2 bridgehead atoms. The van der Waals surface area contributed by atoms with Crippen LogP contribution in [0.15, 0.2) is 30.3 Å². The minimum absolute atomic E-state index is 0.00849. The Morgan fingerprint density at radius 3 is 2.33 bits per heavy atom. The molecule has 2 fully saturated rings. The molecule has 1 aromatic carbocycles. The molecule has 3 rings (SSSR count). The van der Waals surface area contributed by atoms with E-state index in [1.807, 2.05) is 30.3 Å². The number of carbonyl (C=O) groups is 3. The fraction of sp³-hybridized carbons (Fsp3) is 0.526. The third-order valence-electron chi connectivity index (χ3n) is 5.17. The first-order valence-corrected chi connectivity index (χ1v) is 8.75. The summed E-state index contributed by atoms with van der Waals surface area (Å²) in [4.78, 5) is 36.2. The van der Waals surface area contributed by atoms with Gasteiger partial charge < -0.3 is 10.6 Å². The number of hydrogen-bond acceptors (Lipinski definition) is 3. The summed E-state index contributed by atoms with van der Waals surface area (Å²) in [5.74, 6) is 0.0553. The van der Waals surface area contributed by atoms with Crippen LogP contribution in [0.1, 0.15) is 37.7 Å². The molecular formula is C19H24N2O3. The highest BCUT2D eigenvalue weighted by molar-refractivity contribution is 5.90. The largest absolute Gasteiger partial charge is 0.350 e. The Hall–Kier alpha value is -2.17. The van der Waals surface area contributed by atoms with Crippen molar-refractivity contribution in [3.8, 4) is 0 Å². The van der Waals surface area contributed by atoms with E-state index in [0.717, 1.165) is 24.8 Å². The molecule has 2 saturated carbocycles. The average Bonchev–Trinajstić information content (AvgIpc) is 2.58. The van der Waals surface area contributed by atoms with E-state index in [-0.39, 0.29) is 36.1 Å². The molecule has 5 nitrogen and oxygen atoms in total. The molecule has 2 N–H and O–H groups in total. The lowest BCUT2D eigenvalue weighted by atomic mass is 9.67. The number of rotatable bonds is 5. The van der Waals surface area contributed by atoms with Gasteiger partial charge >= 0.3 is 0 Å². The Morgan fingerprint density at radius 2 is 1.67 bits per heavy atom. The molecule has 5 heteroatoms. The minimum Gasteiger partial charge on any atom is -0.350 e. The Labute approximate surface area is 142 Å². The molecule has 0 saturated heterocycles. The molecule has 0 radical (unpaired) electrons. The molecule has 2 aliphatic carbocycles. The quantitative estimate of drug-likeness (QED) is 0.866. The van der Waals surface area contributed by atoms with Crippen molar-refractivity contribution in [2.45, 2.75) is 38.6 Å². The molecular weight excluding hydrogens is 304 g/mol. The smallest absolute Gasteiger partial charge is 0.239 e. The van der Waals surface area contributed by atoms with Gasteiger partial charge in [0.2, 0.25) is 11.8 Å². The first-order chi connectivity index (χ1) is 11.6. The fourth-order valence-corrected chi connectivity index (χ4v) is 3.86. The van der Waals surface area contributed by atoms with Crippen molar-refractivity contribution >= 4 is 17.6 Å². The molecule has 128 valence electrons. The van der Waals surface area contributed by atoms with Crippen molar-refractivity contribution in [1.29, 1.82) is 0 Å². The van der Waals surface area contributed by atoms with Crippen LogP contribution in [0.25, 0.3) is 0 Å². The van der Waals surface area contributed by atoms with Crippen molar-refractivity contribution in [3.05, 3.63) is 35.9 Å². The normalized spacial score (nSPS) is 25.8. The second kappa shape index (κ2) is 7.60. The molecule has 0 aliphatic heterocycles. The van der Waals surface area contributed by atoms with E-state index in [9.17, 15) is 14.4 Å². The molecule has 1 aromatic rings. The van der Waals surface area contributed by atoms with Gasteiger partial charge in [-0.15, -0.1) is 0 Å². The summed E-state index contributed by atoms with van der Waals surface area (Å²) in [6, 6.07) is 9.65. The lowest BCUT2D eigenvalue weighted by Gasteiger charge is -2.36. The second-order valence-corrected chi connectivity index (χ2v) is 6.88. The third kappa shape index (κ3) is 4.02. The molecule has 2 aliphatic rings. The van der Waals surface area contributed by atoms with E-state index in [2.05, 4.69) is 10.6 Å². The van der Waals surface area contributed by atoms with Crippen LogP contribution in [0.5, 0.6) is 0 Å². The summed E-state index contributed by atoms with van der Waals surface area (Å²) in [6.07, 6.45) is 4.21. The number of Topliss-reactive ketones (excluding diaryl/α,β-unsaturated/α-hetero) is 1. The average molecular weight is 328 g/mol. The van der Waals surface area contributed by atoms with E-state index in [0.29, 0.717) is 25.2 Å². The van der Waals surface area contributed by atoms with Crippen LogP contribution in [0.3, 0.4) is 0 Å². The predicted molar refractivity (Wildman–Crippen MR) is 89.9 cm³/mol. The highest BCUT2D eigenvalue weighted by Gasteiger charge is 2.41. The van der Waals surface area contributed by atoms with Crippen LogP contribution in [0, 0.1) is 17.8 Å². The van der Waals surface area contributed by atoms with E-state index < -0.39 is 0 Å². The Morgan fingerprint density at radius 1 is 1.00 bits per heavy atom. The zero-order chi connectivity index (χ0) is 16.9. The van der Waals surface area contributed by atoms with Crippen LogP contribution in [0.2, 0.25) is 0 Å². The molecule has 2 amide bonds. The zero-order valence-corrected chi connectivity index (χ0v) is 13.8. The van der Waals surface area contributed by atoms with Gasteiger partial charge in [0.25, 0.3) is 0 Å². The second-order valence-electron chi connectivity index (χ2n) is 6.88. The number of benzene rings is 1. The van der Waals surface area contributed by atoms with Gasteiger partial charge in [0, 0.05) is 24.3 Å². The van der Waals surface area contributed by atoms with Gasteiger partial charge in [0.15, 0.2) is 0 Å². The maximum absolute atomic E-state index is 12.3. The van der Waals surface area contributed by atoms with E-state index in [1.165, 1.54) is 0 Å². The molecule has 0 spiro atoms. The number of hydrogen-bond donors (Lipinski definition) is 2. The molecule has 24 heavy (non-hydrogen) atoms. The maximum Gasteiger partial charge on any atom is 0.239 e. The molecule has 2 atom stereocenters. The van der Waals surface area contributed by atoms with E-state index in [1.54, 1.807) is 0 Å². The maximum atomic E-state index is 12.3. The highest BCUT2D eigenvalue weighted by Crippen LogP contribution is 2.40. The van der Waals surface area contributed by atoms with Crippen molar-refractivity contribution in [2.24, 2.45) is 17.8 Å². The number of nitrogens with one attached hydrogen (secondary N) is 2. The van der Waals surface area contributed by atoms with Crippen LogP contribution in [0.4, 0.5) is 0 Å². The lowest BCUT2D eigenvalue weighted by molar-refractivity contribution is -0.138. The van der Waals surface area contributed by atoms with Gasteiger partial charge in [-0.3, -0.25) is 14.4 Å². The van der Waals surface area contributed by atoms with Crippen molar-refractivity contribution < 1.29 is 14.4 Å². The number of amides is 2. The molecule has 2 unspecified atom stereocenters. The Kier molecular flexibility index (Phi) is 5.28. The first-order valence-electron chi connectivity index (χ1n) is 8.75. The topological polar surface area (TPSA) is 75.3 Å². The van der Waals surface area contributed by atoms with Crippen molar-refractivity contribution in [3.63, 3.8) is 0 Å². The number of carbonyl (C=O) groups excluding carboxylic acids is 3. The Balaban J connectivity index is 1.42. The van der Waals surface area contributed by atoms with Crippen LogP contribution >= 0.6 is 0 Å². The molecule has 0 heterocycles. The lowest BCUT2D eigenvalue weighted by Crippen LogP contribution is -2.44. The van der Waals surface area contributed by atoms with Gasteiger partial charge in [-0.2, -0.15) is 0 Å². The standard InChI is InChI=1S/C19H24N2O3/c22-17(20-11-13-5-2-1-3-6-13)12-21-19(24)16-9-14-7-4-8-15(10-16)18(14)23/h1-3,5-6,14-16H,4,7-12H2,(H,20,22)(H,21,24). The zero-order valence-electron chi connectivity index (χ0n) is 13.8. The van der Waals surface area contributed by atoms with Gasteiger partial charge in [0.05, 0.1) is 6.54 Å². The van der Waals surface area contributed by atoms with Gasteiger partial charge in [0.1, 0.15) is 5.78 Å². The summed E-state index contributed by atoms with van der Waals surface area (Å²) in [5.41, 5.74) is 1.02. The Bertz CT molecular complexity index is 598. The fourth-order valence-electron chi connectivity index (χ4n) is 3.86. The van der Waals surface area contributed by atoms with E-state index >= 15 is 0 Å². The van der Waals surface area contributed by atoms with E-state index in [4.69, 9.17) is 0 Å². The van der Waals surface area contributed by atoms with Gasteiger partial charge in [-0.1, -0.05) is 36.8 Å². The minimum atomic E-state index is -0.195. The highest BCUT2D eigenvalue weighted by atomic mass is 16.2. The van der Waals surface area contributed by atoms with Gasteiger partial charge in [-0.25, -0.2) is 0 Å². The summed E-state index contributed by atoms with van der Waals surface area (Å²) in [7, 11) is 0. The van der Waals surface area contributed by atoms with Crippen molar-refractivity contribution in [2.75, 3.05) is 6.54 Å². The van der Waals surface area contributed by atoms with Crippen molar-refractivity contribution in [1.82, 2.24) is 10.6 Å².